The molecule has 1 atom stereocenters. The molecule has 128 valence electrons. The Kier molecular flexibility index (Phi) is 4.77. The van der Waals surface area contributed by atoms with Crippen LogP contribution in [0.4, 0.5) is 5.13 Å². The van der Waals surface area contributed by atoms with Crippen LogP contribution in [-0.4, -0.2) is 39.2 Å². The van der Waals surface area contributed by atoms with Crippen molar-refractivity contribution in [3.05, 3.63) is 40.6 Å². The largest absolute Gasteiger partial charge is 0.316 e. The van der Waals surface area contributed by atoms with Crippen molar-refractivity contribution in [2.75, 3.05) is 18.4 Å². The summed E-state index contributed by atoms with van der Waals surface area (Å²) in [7, 11) is 0. The van der Waals surface area contributed by atoms with Crippen LogP contribution in [0.1, 0.15) is 34.3 Å². The third kappa shape index (κ3) is 3.73. The lowest BCUT2D eigenvalue weighted by Gasteiger charge is -2.20. The fourth-order valence-electron chi connectivity index (χ4n) is 2.69. The number of hydrogen-bond donors (Lipinski definition) is 2. The molecule has 3 aromatic rings. The van der Waals surface area contributed by atoms with E-state index >= 15 is 0 Å². The van der Waals surface area contributed by atoms with Crippen LogP contribution in [0, 0.1) is 0 Å². The van der Waals surface area contributed by atoms with Crippen molar-refractivity contribution in [2.45, 2.75) is 18.8 Å². The SMILES string of the molecule is O=C(Nc1nnc(-c2ccncc2)s1)c1csc(C2CCCNC2)n1. The van der Waals surface area contributed by atoms with Crippen LogP contribution < -0.4 is 10.6 Å². The van der Waals surface area contributed by atoms with E-state index in [0.717, 1.165) is 41.5 Å². The number of anilines is 1. The molecule has 7 nitrogen and oxygen atoms in total. The van der Waals surface area contributed by atoms with Gasteiger partial charge in [-0.15, -0.1) is 21.5 Å². The summed E-state index contributed by atoms with van der Waals surface area (Å²) in [6.07, 6.45) is 5.67. The second-order valence-electron chi connectivity index (χ2n) is 5.72. The molecular weight excluding hydrogens is 356 g/mol. The molecule has 0 spiro atoms. The maximum Gasteiger partial charge on any atom is 0.276 e. The van der Waals surface area contributed by atoms with Crippen LogP contribution in [-0.2, 0) is 0 Å². The topological polar surface area (TPSA) is 92.7 Å². The van der Waals surface area contributed by atoms with Gasteiger partial charge in [-0.1, -0.05) is 11.3 Å². The van der Waals surface area contributed by atoms with E-state index < -0.39 is 0 Å². The summed E-state index contributed by atoms with van der Waals surface area (Å²) in [5.74, 6) is 0.156. The van der Waals surface area contributed by atoms with Gasteiger partial charge >= 0.3 is 0 Å². The highest BCUT2D eigenvalue weighted by Crippen LogP contribution is 2.28. The standard InChI is InChI=1S/C16H16N6OS2/c23-13(12-9-24-14(19-12)11-2-1-5-18-8-11)20-16-22-21-15(25-16)10-3-6-17-7-4-10/h3-4,6-7,9,11,18H,1-2,5,8H2,(H,20,22,23). The zero-order valence-electron chi connectivity index (χ0n) is 13.3. The number of aromatic nitrogens is 4. The lowest BCUT2D eigenvalue weighted by molar-refractivity contribution is 0.102. The van der Waals surface area contributed by atoms with Gasteiger partial charge in [-0.05, 0) is 31.5 Å². The maximum absolute atomic E-state index is 12.4. The Morgan fingerprint density at radius 3 is 2.96 bits per heavy atom. The highest BCUT2D eigenvalue weighted by Gasteiger charge is 2.21. The van der Waals surface area contributed by atoms with Crippen molar-refractivity contribution in [3.8, 4) is 10.6 Å². The fraction of sp³-hybridized carbons (Fsp3) is 0.312. The Labute approximate surface area is 152 Å². The van der Waals surface area contributed by atoms with E-state index in [1.807, 2.05) is 17.5 Å². The van der Waals surface area contributed by atoms with Gasteiger partial charge in [0.25, 0.3) is 5.91 Å². The molecule has 0 radical (unpaired) electrons. The molecule has 0 aliphatic carbocycles. The summed E-state index contributed by atoms with van der Waals surface area (Å²) < 4.78 is 0. The summed E-state index contributed by atoms with van der Waals surface area (Å²) in [4.78, 5) is 20.9. The second-order valence-corrected chi connectivity index (χ2v) is 7.58. The molecular formula is C16H16N6OS2. The average molecular weight is 372 g/mol. The molecule has 1 saturated heterocycles. The van der Waals surface area contributed by atoms with E-state index in [-0.39, 0.29) is 5.91 Å². The highest BCUT2D eigenvalue weighted by atomic mass is 32.1. The van der Waals surface area contributed by atoms with Gasteiger partial charge in [0.15, 0.2) is 0 Å². The summed E-state index contributed by atoms with van der Waals surface area (Å²) in [6, 6.07) is 3.72. The van der Waals surface area contributed by atoms with E-state index in [4.69, 9.17) is 0 Å². The molecule has 2 N–H and O–H groups in total. The second kappa shape index (κ2) is 7.34. The summed E-state index contributed by atoms with van der Waals surface area (Å²) in [6.45, 7) is 1.99. The first-order valence-electron chi connectivity index (χ1n) is 8.01. The van der Waals surface area contributed by atoms with Gasteiger partial charge in [0.1, 0.15) is 10.7 Å². The molecule has 1 aliphatic rings. The Morgan fingerprint density at radius 1 is 1.28 bits per heavy atom. The van der Waals surface area contributed by atoms with Crippen molar-refractivity contribution >= 4 is 33.7 Å². The quantitative estimate of drug-likeness (QED) is 0.731. The van der Waals surface area contributed by atoms with Crippen molar-refractivity contribution in [3.63, 3.8) is 0 Å². The van der Waals surface area contributed by atoms with Crippen LogP contribution >= 0.6 is 22.7 Å². The molecule has 1 aliphatic heterocycles. The molecule has 0 bridgehead atoms. The van der Waals surface area contributed by atoms with E-state index in [1.165, 1.54) is 11.3 Å². The van der Waals surface area contributed by atoms with Crippen molar-refractivity contribution in [2.24, 2.45) is 0 Å². The number of hydrogen-bond acceptors (Lipinski definition) is 8. The maximum atomic E-state index is 12.4. The molecule has 4 rings (SSSR count). The van der Waals surface area contributed by atoms with Crippen LogP contribution in [0.25, 0.3) is 10.6 Å². The smallest absolute Gasteiger partial charge is 0.276 e. The molecule has 1 unspecified atom stereocenters. The van der Waals surface area contributed by atoms with Crippen LogP contribution in [0.5, 0.6) is 0 Å². The number of nitrogens with zero attached hydrogens (tertiary/aromatic N) is 4. The number of carbonyl (C=O) groups excluding carboxylic acids is 1. The van der Waals surface area contributed by atoms with Gasteiger partial charge in [0.2, 0.25) is 5.13 Å². The van der Waals surface area contributed by atoms with Crippen LogP contribution in [0.3, 0.4) is 0 Å². The summed E-state index contributed by atoms with van der Waals surface area (Å²) in [5, 5.41) is 18.3. The molecule has 9 heteroatoms. The molecule has 1 amide bonds. The predicted octanol–water partition coefficient (Wildman–Crippen LogP) is 2.78. The minimum atomic E-state index is -0.247. The first kappa shape index (κ1) is 16.2. The lowest BCUT2D eigenvalue weighted by Crippen LogP contribution is -2.28. The predicted molar refractivity (Wildman–Crippen MR) is 98.1 cm³/mol. The Balaban J connectivity index is 1.44. The average Bonchev–Trinajstić information content (AvgIpc) is 3.33. The van der Waals surface area contributed by atoms with Gasteiger partial charge in [-0.3, -0.25) is 15.1 Å². The number of amides is 1. The van der Waals surface area contributed by atoms with E-state index in [2.05, 4.69) is 30.8 Å². The monoisotopic (exact) mass is 372 g/mol. The number of piperidine rings is 1. The number of carbonyl (C=O) groups is 1. The van der Waals surface area contributed by atoms with Crippen LogP contribution in [0.2, 0.25) is 0 Å². The van der Waals surface area contributed by atoms with E-state index in [9.17, 15) is 4.79 Å². The Bertz CT molecular complexity index is 856. The first-order chi connectivity index (χ1) is 12.3. The molecule has 25 heavy (non-hydrogen) atoms. The Hall–Kier alpha value is -2.23. The van der Waals surface area contributed by atoms with Gasteiger partial charge in [-0.2, -0.15) is 0 Å². The fourth-order valence-corrected chi connectivity index (χ4v) is 4.37. The normalized spacial score (nSPS) is 17.4. The number of thiazole rings is 1. The number of pyridine rings is 1. The minimum Gasteiger partial charge on any atom is -0.316 e. The Morgan fingerprint density at radius 2 is 2.16 bits per heavy atom. The zero-order chi connectivity index (χ0) is 17.1. The van der Waals surface area contributed by atoms with Gasteiger partial charge in [0.05, 0.1) is 5.01 Å². The van der Waals surface area contributed by atoms with Gasteiger partial charge in [0, 0.05) is 35.8 Å². The van der Waals surface area contributed by atoms with E-state index in [0.29, 0.717) is 16.7 Å². The summed E-state index contributed by atoms with van der Waals surface area (Å²) in [5.41, 5.74) is 1.36. The summed E-state index contributed by atoms with van der Waals surface area (Å²) >= 11 is 2.87. The minimum absolute atomic E-state index is 0.247. The first-order valence-corrected chi connectivity index (χ1v) is 9.70. The van der Waals surface area contributed by atoms with Gasteiger partial charge < -0.3 is 5.32 Å². The molecule has 0 saturated carbocycles. The molecule has 3 aromatic heterocycles. The lowest BCUT2D eigenvalue weighted by atomic mass is 10.0. The van der Waals surface area contributed by atoms with Crippen molar-refractivity contribution < 1.29 is 4.79 Å². The molecule has 4 heterocycles. The number of rotatable bonds is 4. The van der Waals surface area contributed by atoms with Crippen molar-refractivity contribution in [1.82, 2.24) is 25.5 Å². The third-order valence-electron chi connectivity index (χ3n) is 3.97. The molecule has 0 aromatic carbocycles. The zero-order valence-corrected chi connectivity index (χ0v) is 14.9. The number of nitrogens with one attached hydrogen (secondary N) is 2. The van der Waals surface area contributed by atoms with E-state index in [1.54, 1.807) is 23.7 Å². The highest BCUT2D eigenvalue weighted by molar-refractivity contribution is 7.18. The molecule has 1 fully saturated rings. The van der Waals surface area contributed by atoms with Gasteiger partial charge in [-0.25, -0.2) is 4.98 Å². The third-order valence-corrected chi connectivity index (χ3v) is 5.87. The van der Waals surface area contributed by atoms with Crippen LogP contribution in [0.15, 0.2) is 29.9 Å². The van der Waals surface area contributed by atoms with Crippen molar-refractivity contribution in [1.29, 1.82) is 0 Å².